The van der Waals surface area contributed by atoms with Gasteiger partial charge in [0.2, 0.25) is 0 Å². The van der Waals surface area contributed by atoms with E-state index in [-0.39, 0.29) is 10.7 Å². The quantitative estimate of drug-likeness (QED) is 0.653. The molecule has 7 nitrogen and oxygen atoms in total. The molecule has 3 aromatic rings. The van der Waals surface area contributed by atoms with Gasteiger partial charge in [0.1, 0.15) is 5.75 Å². The molecule has 0 atom stereocenters. The van der Waals surface area contributed by atoms with E-state index in [1.54, 1.807) is 37.4 Å². The zero-order valence-corrected chi connectivity index (χ0v) is 17.0. The number of aryl methyl sites for hydroxylation is 3. The smallest absolute Gasteiger partial charge is 0.263 e. The zero-order chi connectivity index (χ0) is 20.3. The first-order chi connectivity index (χ1) is 13.3. The van der Waals surface area contributed by atoms with Crippen LogP contribution in [0.2, 0.25) is 0 Å². The Balaban J connectivity index is 1.77. The number of nitrogens with one attached hydrogen (secondary N) is 2. The Hall–Kier alpha value is -3.13. The summed E-state index contributed by atoms with van der Waals surface area (Å²) in [5, 5.41) is 11.1. The van der Waals surface area contributed by atoms with Gasteiger partial charge in [0.15, 0.2) is 11.6 Å². The summed E-state index contributed by atoms with van der Waals surface area (Å²) < 4.78 is 32.9. The van der Waals surface area contributed by atoms with Crippen molar-refractivity contribution in [3.8, 4) is 5.75 Å². The van der Waals surface area contributed by atoms with Gasteiger partial charge in [-0.25, -0.2) is 8.42 Å². The molecule has 0 fully saturated rings. The molecule has 2 N–H and O–H groups in total. The zero-order valence-electron chi connectivity index (χ0n) is 16.1. The fourth-order valence-corrected chi connectivity index (χ4v) is 3.67. The minimum absolute atomic E-state index is 0.139. The van der Waals surface area contributed by atoms with Crippen LogP contribution in [0.3, 0.4) is 0 Å². The van der Waals surface area contributed by atoms with Crippen LogP contribution in [0, 0.1) is 20.8 Å². The second kappa shape index (κ2) is 7.85. The lowest BCUT2D eigenvalue weighted by atomic mass is 10.1. The van der Waals surface area contributed by atoms with Crippen LogP contribution in [-0.4, -0.2) is 25.7 Å². The first-order valence-electron chi connectivity index (χ1n) is 8.64. The molecule has 0 aliphatic heterocycles. The summed E-state index contributed by atoms with van der Waals surface area (Å²) in [6.45, 7) is 5.77. The Labute approximate surface area is 164 Å². The van der Waals surface area contributed by atoms with Crippen molar-refractivity contribution in [3.05, 3.63) is 65.2 Å². The molecular formula is C20H22N4O3S. The molecule has 0 saturated heterocycles. The van der Waals surface area contributed by atoms with Crippen LogP contribution in [-0.2, 0) is 10.0 Å². The standard InChI is InChI=1S/C20H22N4O3S/c1-13-5-8-18(27-4)17(11-13)21-19-9-10-20(23-22-19)24-28(25,26)16-7-6-14(2)15(3)12-16/h5-12H,1-4H3,(H,21,22)(H,23,24). The number of sulfonamides is 1. The van der Waals surface area contributed by atoms with Gasteiger partial charge in [-0.3, -0.25) is 4.72 Å². The number of benzene rings is 2. The molecule has 1 aromatic heterocycles. The molecule has 1 heterocycles. The van der Waals surface area contributed by atoms with Crippen molar-refractivity contribution in [2.75, 3.05) is 17.1 Å². The van der Waals surface area contributed by atoms with Crippen molar-refractivity contribution in [1.82, 2.24) is 10.2 Å². The lowest BCUT2D eigenvalue weighted by Gasteiger charge is -2.12. The summed E-state index contributed by atoms with van der Waals surface area (Å²) in [6, 6.07) is 13.9. The maximum Gasteiger partial charge on any atom is 0.263 e. The highest BCUT2D eigenvalue weighted by molar-refractivity contribution is 7.92. The topological polar surface area (TPSA) is 93.2 Å². The first kappa shape index (κ1) is 19.6. The minimum atomic E-state index is -3.73. The summed E-state index contributed by atoms with van der Waals surface area (Å²) in [7, 11) is -2.14. The van der Waals surface area contributed by atoms with E-state index < -0.39 is 10.0 Å². The average Bonchev–Trinajstić information content (AvgIpc) is 2.65. The molecule has 0 aliphatic carbocycles. The highest BCUT2D eigenvalue weighted by Crippen LogP contribution is 2.28. The number of nitrogens with zero attached hydrogens (tertiary/aromatic N) is 2. The highest BCUT2D eigenvalue weighted by atomic mass is 32.2. The van der Waals surface area contributed by atoms with Gasteiger partial charge in [0.05, 0.1) is 17.7 Å². The van der Waals surface area contributed by atoms with Crippen LogP contribution in [0.4, 0.5) is 17.3 Å². The van der Waals surface area contributed by atoms with Crippen molar-refractivity contribution < 1.29 is 13.2 Å². The number of hydrogen-bond acceptors (Lipinski definition) is 6. The number of methoxy groups -OCH3 is 1. The van der Waals surface area contributed by atoms with Crippen molar-refractivity contribution in [2.24, 2.45) is 0 Å². The summed E-state index contributed by atoms with van der Waals surface area (Å²) in [5.41, 5.74) is 3.75. The third kappa shape index (κ3) is 4.40. The van der Waals surface area contributed by atoms with E-state index in [0.29, 0.717) is 11.6 Å². The molecule has 146 valence electrons. The Morgan fingerprint density at radius 2 is 1.57 bits per heavy atom. The fourth-order valence-electron chi connectivity index (χ4n) is 2.59. The van der Waals surface area contributed by atoms with Gasteiger partial charge in [-0.05, 0) is 73.9 Å². The largest absolute Gasteiger partial charge is 0.495 e. The van der Waals surface area contributed by atoms with Crippen LogP contribution < -0.4 is 14.8 Å². The van der Waals surface area contributed by atoms with E-state index >= 15 is 0 Å². The number of ether oxygens (including phenoxy) is 1. The van der Waals surface area contributed by atoms with Gasteiger partial charge in [-0.15, -0.1) is 10.2 Å². The van der Waals surface area contributed by atoms with Crippen molar-refractivity contribution in [2.45, 2.75) is 25.7 Å². The molecule has 0 aliphatic rings. The van der Waals surface area contributed by atoms with Crippen LogP contribution >= 0.6 is 0 Å². The second-order valence-electron chi connectivity index (χ2n) is 6.48. The van der Waals surface area contributed by atoms with Crippen molar-refractivity contribution in [3.63, 3.8) is 0 Å². The fraction of sp³-hybridized carbons (Fsp3) is 0.200. The van der Waals surface area contributed by atoms with Gasteiger partial charge in [-0.1, -0.05) is 12.1 Å². The van der Waals surface area contributed by atoms with Crippen LogP contribution in [0.15, 0.2) is 53.4 Å². The molecule has 8 heteroatoms. The van der Waals surface area contributed by atoms with Crippen LogP contribution in [0.1, 0.15) is 16.7 Å². The predicted molar refractivity (Wildman–Crippen MR) is 110 cm³/mol. The van der Waals surface area contributed by atoms with Gasteiger partial charge in [-0.2, -0.15) is 0 Å². The normalized spacial score (nSPS) is 11.1. The van der Waals surface area contributed by atoms with Gasteiger partial charge >= 0.3 is 0 Å². The number of anilines is 3. The number of rotatable bonds is 6. The second-order valence-corrected chi connectivity index (χ2v) is 8.17. The minimum Gasteiger partial charge on any atom is -0.495 e. The van der Waals surface area contributed by atoms with Gasteiger partial charge in [0, 0.05) is 0 Å². The molecule has 0 radical (unpaired) electrons. The van der Waals surface area contributed by atoms with Crippen LogP contribution in [0.25, 0.3) is 0 Å². The first-order valence-corrected chi connectivity index (χ1v) is 10.1. The molecule has 0 spiro atoms. The van der Waals surface area contributed by atoms with E-state index in [9.17, 15) is 8.42 Å². The monoisotopic (exact) mass is 398 g/mol. The SMILES string of the molecule is COc1ccc(C)cc1Nc1ccc(NS(=O)(=O)c2ccc(C)c(C)c2)nn1. The van der Waals surface area contributed by atoms with E-state index in [1.165, 1.54) is 0 Å². The Kier molecular flexibility index (Phi) is 5.51. The van der Waals surface area contributed by atoms with E-state index in [4.69, 9.17) is 4.74 Å². The van der Waals surface area contributed by atoms with Crippen molar-refractivity contribution >= 4 is 27.3 Å². The molecule has 0 bridgehead atoms. The van der Waals surface area contributed by atoms with Gasteiger partial charge in [0.25, 0.3) is 10.0 Å². The number of aromatic nitrogens is 2. The molecule has 0 amide bonds. The molecule has 28 heavy (non-hydrogen) atoms. The van der Waals surface area contributed by atoms with E-state index in [2.05, 4.69) is 20.2 Å². The summed E-state index contributed by atoms with van der Waals surface area (Å²) in [4.78, 5) is 0.184. The Morgan fingerprint density at radius 1 is 0.857 bits per heavy atom. The summed E-state index contributed by atoms with van der Waals surface area (Å²) in [5.74, 6) is 1.28. The predicted octanol–water partition coefficient (Wildman–Crippen LogP) is 3.95. The third-order valence-electron chi connectivity index (χ3n) is 4.31. The maximum atomic E-state index is 12.6. The maximum absolute atomic E-state index is 12.6. The summed E-state index contributed by atoms with van der Waals surface area (Å²) in [6.07, 6.45) is 0. The average molecular weight is 398 g/mol. The van der Waals surface area contributed by atoms with Gasteiger partial charge < -0.3 is 10.1 Å². The third-order valence-corrected chi connectivity index (χ3v) is 5.66. The molecule has 2 aromatic carbocycles. The Morgan fingerprint density at radius 3 is 2.21 bits per heavy atom. The summed E-state index contributed by atoms with van der Waals surface area (Å²) >= 11 is 0. The number of hydrogen-bond donors (Lipinski definition) is 2. The van der Waals surface area contributed by atoms with E-state index in [0.717, 1.165) is 22.4 Å². The molecule has 3 rings (SSSR count). The molecule has 0 unspecified atom stereocenters. The van der Waals surface area contributed by atoms with Crippen molar-refractivity contribution in [1.29, 1.82) is 0 Å². The van der Waals surface area contributed by atoms with Crippen LogP contribution in [0.5, 0.6) is 5.75 Å². The Bertz CT molecular complexity index is 1100. The lowest BCUT2D eigenvalue weighted by Crippen LogP contribution is -2.14. The highest BCUT2D eigenvalue weighted by Gasteiger charge is 2.16. The lowest BCUT2D eigenvalue weighted by molar-refractivity contribution is 0.416. The molecule has 0 saturated carbocycles. The van der Waals surface area contributed by atoms with E-state index in [1.807, 2.05) is 39.0 Å². The molecular weight excluding hydrogens is 376 g/mol.